The molecule has 1 saturated heterocycles. The average Bonchev–Trinajstić information content (AvgIpc) is 3.36. The molecule has 3 aromatic rings. The first kappa shape index (κ1) is 24.8. The summed E-state index contributed by atoms with van der Waals surface area (Å²) in [5.41, 5.74) is 3.50. The number of anilines is 1. The fourth-order valence-corrected chi connectivity index (χ4v) is 4.21. The van der Waals surface area contributed by atoms with Gasteiger partial charge < -0.3 is 19.1 Å². The van der Waals surface area contributed by atoms with E-state index < -0.39 is 0 Å². The summed E-state index contributed by atoms with van der Waals surface area (Å²) >= 11 is 0. The molecule has 2 aromatic heterocycles. The predicted molar refractivity (Wildman–Crippen MR) is 136 cm³/mol. The van der Waals surface area contributed by atoms with E-state index in [9.17, 15) is 0 Å². The summed E-state index contributed by atoms with van der Waals surface area (Å²) in [5.74, 6) is 1.99. The molecule has 4 rings (SSSR count). The van der Waals surface area contributed by atoms with Crippen LogP contribution in [0.4, 0.5) is 5.82 Å². The number of likely N-dealkylation sites (N-methyl/N-ethyl adjacent to an activating group) is 1. The van der Waals surface area contributed by atoms with Crippen LogP contribution in [-0.4, -0.2) is 78.0 Å². The molecule has 0 unspecified atom stereocenters. The van der Waals surface area contributed by atoms with E-state index in [1.54, 1.807) is 20.4 Å². The highest BCUT2D eigenvalue weighted by molar-refractivity contribution is 5.74. The van der Waals surface area contributed by atoms with Gasteiger partial charge in [0.2, 0.25) is 5.88 Å². The first-order valence-electron chi connectivity index (χ1n) is 11.7. The van der Waals surface area contributed by atoms with Crippen molar-refractivity contribution in [3.63, 3.8) is 0 Å². The lowest BCUT2D eigenvalue weighted by molar-refractivity contribution is 0.0515. The van der Waals surface area contributed by atoms with Crippen LogP contribution < -0.4 is 14.4 Å². The van der Waals surface area contributed by atoms with Crippen LogP contribution in [0, 0.1) is 0 Å². The van der Waals surface area contributed by atoms with Crippen LogP contribution >= 0.6 is 0 Å². The summed E-state index contributed by atoms with van der Waals surface area (Å²) in [4.78, 5) is 4.75. The van der Waals surface area contributed by atoms with Gasteiger partial charge in [-0.2, -0.15) is 5.10 Å². The zero-order valence-electron chi connectivity index (χ0n) is 21.4. The lowest BCUT2D eigenvalue weighted by Crippen LogP contribution is -2.46. The number of benzene rings is 1. The third kappa shape index (κ3) is 5.68. The largest absolute Gasteiger partial charge is 0.480 e. The van der Waals surface area contributed by atoms with Crippen molar-refractivity contribution in [2.24, 2.45) is 0 Å². The van der Waals surface area contributed by atoms with Crippen molar-refractivity contribution in [3.8, 4) is 34.0 Å². The number of hydrogen-bond acceptors (Lipinski definition) is 9. The van der Waals surface area contributed by atoms with Gasteiger partial charge >= 0.3 is 0 Å². The van der Waals surface area contributed by atoms with E-state index in [1.807, 2.05) is 36.4 Å². The maximum absolute atomic E-state index is 5.89. The van der Waals surface area contributed by atoms with Gasteiger partial charge in [-0.15, -0.1) is 15.3 Å². The van der Waals surface area contributed by atoms with Crippen molar-refractivity contribution < 1.29 is 14.2 Å². The number of methoxy groups -OCH3 is 2. The monoisotopic (exact) mass is 478 g/mol. The van der Waals surface area contributed by atoms with Crippen LogP contribution in [0.15, 0.2) is 42.6 Å². The Morgan fingerprint density at radius 3 is 2.54 bits per heavy atom. The Kier molecular flexibility index (Phi) is 7.47. The molecular formula is C26H34N6O3. The molecule has 35 heavy (non-hydrogen) atoms. The first-order chi connectivity index (χ1) is 16.8. The summed E-state index contributed by atoms with van der Waals surface area (Å²) in [6, 6.07) is 12.3. The molecule has 0 aliphatic carbocycles. The molecule has 1 fully saturated rings. The fraction of sp³-hybridized carbons (Fsp3) is 0.462. The number of ether oxygens (including phenoxy) is 3. The predicted octanol–water partition coefficient (Wildman–Crippen LogP) is 3.90. The van der Waals surface area contributed by atoms with E-state index in [1.165, 1.54) is 0 Å². The van der Waals surface area contributed by atoms with E-state index in [2.05, 4.69) is 58.0 Å². The Labute approximate surface area is 207 Å². The second-order valence-corrected chi connectivity index (χ2v) is 9.70. The highest BCUT2D eigenvalue weighted by Crippen LogP contribution is 2.34. The minimum atomic E-state index is 0.121. The maximum Gasteiger partial charge on any atom is 0.233 e. The van der Waals surface area contributed by atoms with E-state index in [0.717, 1.165) is 47.7 Å². The number of hydrogen-bond donors (Lipinski definition) is 0. The van der Waals surface area contributed by atoms with E-state index in [-0.39, 0.29) is 12.3 Å². The van der Waals surface area contributed by atoms with Crippen LogP contribution in [0.2, 0.25) is 0 Å². The average molecular weight is 479 g/mol. The smallest absolute Gasteiger partial charge is 0.233 e. The van der Waals surface area contributed by atoms with Crippen molar-refractivity contribution in [2.45, 2.75) is 38.8 Å². The third-order valence-corrected chi connectivity index (χ3v) is 6.51. The van der Waals surface area contributed by atoms with Crippen molar-refractivity contribution in [3.05, 3.63) is 42.6 Å². The zero-order valence-corrected chi connectivity index (χ0v) is 21.4. The maximum atomic E-state index is 5.89. The standard InChI is InChI=1S/C26H34N6O3/c1-26(2,3)31(4)20-11-12-32(16-20)24-10-9-22(28-29-24)21-8-7-18(13-23(21)35-17-33-5)19-14-25(34-6)30-27-15-19/h7-10,13-15,20H,11-12,16-17H2,1-6H3/t20-/m0/s1. The fourth-order valence-electron chi connectivity index (χ4n) is 4.21. The molecule has 0 saturated carbocycles. The minimum absolute atomic E-state index is 0.121. The van der Waals surface area contributed by atoms with Crippen molar-refractivity contribution in [1.29, 1.82) is 0 Å². The quantitative estimate of drug-likeness (QED) is 0.447. The van der Waals surface area contributed by atoms with Crippen molar-refractivity contribution in [2.75, 3.05) is 46.0 Å². The van der Waals surface area contributed by atoms with Gasteiger partial charge in [0, 0.05) is 49.0 Å². The molecule has 0 N–H and O–H groups in total. The molecule has 9 nitrogen and oxygen atoms in total. The van der Waals surface area contributed by atoms with Crippen LogP contribution in [0.3, 0.4) is 0 Å². The molecular weight excluding hydrogens is 444 g/mol. The lowest BCUT2D eigenvalue weighted by atomic mass is 10.0. The highest BCUT2D eigenvalue weighted by atomic mass is 16.7. The molecule has 0 spiro atoms. The molecule has 0 bridgehead atoms. The van der Waals surface area contributed by atoms with E-state index in [0.29, 0.717) is 17.7 Å². The molecule has 1 aliphatic rings. The molecule has 0 radical (unpaired) electrons. The highest BCUT2D eigenvalue weighted by Gasteiger charge is 2.31. The molecule has 0 amide bonds. The minimum Gasteiger partial charge on any atom is -0.480 e. The van der Waals surface area contributed by atoms with Crippen molar-refractivity contribution >= 4 is 5.82 Å². The van der Waals surface area contributed by atoms with Gasteiger partial charge in [0.25, 0.3) is 0 Å². The van der Waals surface area contributed by atoms with Gasteiger partial charge in [-0.3, -0.25) is 4.90 Å². The zero-order chi connectivity index (χ0) is 25.0. The summed E-state index contributed by atoms with van der Waals surface area (Å²) in [6.07, 6.45) is 2.80. The molecule has 3 heterocycles. The molecule has 1 aromatic carbocycles. The Hall–Kier alpha value is -3.30. The first-order valence-corrected chi connectivity index (χ1v) is 11.7. The summed E-state index contributed by atoms with van der Waals surface area (Å²) in [7, 11) is 5.36. The van der Waals surface area contributed by atoms with Gasteiger partial charge in [0.05, 0.1) is 19.0 Å². The number of rotatable bonds is 8. The van der Waals surface area contributed by atoms with Gasteiger partial charge in [-0.1, -0.05) is 6.07 Å². The SMILES string of the molecule is COCOc1cc(-c2cnnc(OC)c2)ccc1-c1ccc(N2CC[C@H](N(C)C(C)(C)C)C2)nn1. The Bertz CT molecular complexity index is 1130. The Morgan fingerprint density at radius 2 is 1.86 bits per heavy atom. The van der Waals surface area contributed by atoms with Gasteiger partial charge in [0.1, 0.15) is 5.75 Å². The number of nitrogens with zero attached hydrogens (tertiary/aromatic N) is 6. The summed E-state index contributed by atoms with van der Waals surface area (Å²) in [5, 5.41) is 17.0. The normalized spacial score (nSPS) is 16.1. The summed E-state index contributed by atoms with van der Waals surface area (Å²) in [6.45, 7) is 8.79. The van der Waals surface area contributed by atoms with Crippen LogP contribution in [0.5, 0.6) is 11.6 Å². The Morgan fingerprint density at radius 1 is 1.03 bits per heavy atom. The van der Waals surface area contributed by atoms with Crippen LogP contribution in [0.1, 0.15) is 27.2 Å². The van der Waals surface area contributed by atoms with Gasteiger partial charge in [-0.25, -0.2) is 0 Å². The van der Waals surface area contributed by atoms with E-state index in [4.69, 9.17) is 14.2 Å². The Balaban J connectivity index is 1.56. The molecule has 9 heteroatoms. The number of aromatic nitrogens is 4. The topological polar surface area (TPSA) is 85.7 Å². The van der Waals surface area contributed by atoms with Gasteiger partial charge in [0.15, 0.2) is 12.6 Å². The summed E-state index contributed by atoms with van der Waals surface area (Å²) < 4.78 is 16.2. The lowest BCUT2D eigenvalue weighted by Gasteiger charge is -2.36. The van der Waals surface area contributed by atoms with E-state index >= 15 is 0 Å². The van der Waals surface area contributed by atoms with Crippen molar-refractivity contribution in [1.82, 2.24) is 25.3 Å². The second-order valence-electron chi connectivity index (χ2n) is 9.70. The molecule has 1 atom stereocenters. The second kappa shape index (κ2) is 10.5. The molecule has 1 aliphatic heterocycles. The third-order valence-electron chi connectivity index (χ3n) is 6.51. The van der Waals surface area contributed by atoms with Gasteiger partial charge in [-0.05, 0) is 64.1 Å². The molecule has 186 valence electrons. The van der Waals surface area contributed by atoms with Crippen LogP contribution in [-0.2, 0) is 4.74 Å². The van der Waals surface area contributed by atoms with Crippen LogP contribution in [0.25, 0.3) is 22.4 Å².